The Hall–Kier alpha value is -1.64. The van der Waals surface area contributed by atoms with E-state index in [1.807, 2.05) is 39.8 Å². The van der Waals surface area contributed by atoms with Crippen molar-refractivity contribution in [2.45, 2.75) is 84.5 Å². The van der Waals surface area contributed by atoms with E-state index in [2.05, 4.69) is 52.9 Å². The molecule has 3 N–H and O–H groups in total. The first kappa shape index (κ1) is 26.4. The lowest BCUT2D eigenvalue weighted by Crippen LogP contribution is -2.45. The van der Waals surface area contributed by atoms with Gasteiger partial charge in [0.2, 0.25) is 10.0 Å². The summed E-state index contributed by atoms with van der Waals surface area (Å²) in [6.07, 6.45) is 0. The molecule has 0 radical (unpaired) electrons. The van der Waals surface area contributed by atoms with E-state index in [0.29, 0.717) is 23.6 Å². The number of sulfonamides is 1. The quantitative estimate of drug-likeness (QED) is 0.385. The molecule has 0 fully saturated rings. The van der Waals surface area contributed by atoms with E-state index in [1.165, 1.54) is 0 Å². The summed E-state index contributed by atoms with van der Waals surface area (Å²) < 4.78 is 28.4. The molecule has 0 saturated heterocycles. The maximum atomic E-state index is 12.8. The highest BCUT2D eigenvalue weighted by Gasteiger charge is 2.24. The van der Waals surface area contributed by atoms with E-state index in [9.17, 15) is 8.42 Å². The zero-order valence-corrected chi connectivity index (χ0v) is 20.7. The number of aliphatic imine (C=N–C) groups is 1. The van der Waals surface area contributed by atoms with Crippen molar-refractivity contribution < 1.29 is 8.42 Å². The zero-order chi connectivity index (χ0) is 22.9. The molecule has 0 amide bonds. The lowest BCUT2D eigenvalue weighted by Gasteiger charge is -2.30. The number of nitrogens with zero attached hydrogens (tertiary/aromatic N) is 2. The number of rotatable bonds is 10. The fourth-order valence-electron chi connectivity index (χ4n) is 3.28. The standard InChI is InChI=1S/C22H41N5O2S/c1-9-23-21(24-14-15-27(17(2)3)18(4)5)25-16-19-12-10-11-13-20(19)30(28,29)26-22(6,7)8/h10-13,17-18,26H,9,14-16H2,1-8H3,(H2,23,24,25). The van der Waals surface area contributed by atoms with Crippen molar-refractivity contribution in [2.24, 2.45) is 4.99 Å². The van der Waals surface area contributed by atoms with Crippen LogP contribution in [0, 0.1) is 0 Å². The van der Waals surface area contributed by atoms with Crippen LogP contribution in [-0.2, 0) is 16.6 Å². The summed E-state index contributed by atoms with van der Waals surface area (Å²) in [5, 5.41) is 6.60. The van der Waals surface area contributed by atoms with Gasteiger partial charge in [-0.1, -0.05) is 18.2 Å². The van der Waals surface area contributed by atoms with Crippen LogP contribution in [0.25, 0.3) is 0 Å². The molecule has 1 rings (SSSR count). The first-order chi connectivity index (χ1) is 13.9. The Labute approximate surface area is 183 Å². The van der Waals surface area contributed by atoms with E-state index >= 15 is 0 Å². The Bertz CT molecular complexity index is 775. The third-order valence-corrected chi connectivity index (χ3v) is 6.30. The predicted octanol–water partition coefficient (Wildman–Crippen LogP) is 2.94. The summed E-state index contributed by atoms with van der Waals surface area (Å²) in [6.45, 7) is 19.0. The van der Waals surface area contributed by atoms with Gasteiger partial charge in [0.25, 0.3) is 0 Å². The average molecular weight is 440 g/mol. The maximum Gasteiger partial charge on any atom is 0.241 e. The van der Waals surface area contributed by atoms with Crippen molar-refractivity contribution in [1.29, 1.82) is 0 Å². The van der Waals surface area contributed by atoms with Gasteiger partial charge in [0.15, 0.2) is 5.96 Å². The Balaban J connectivity index is 2.94. The molecule has 0 saturated carbocycles. The molecule has 0 aliphatic rings. The topological polar surface area (TPSA) is 85.8 Å². The highest BCUT2D eigenvalue weighted by molar-refractivity contribution is 7.89. The van der Waals surface area contributed by atoms with Gasteiger partial charge in [0.05, 0.1) is 11.4 Å². The SMILES string of the molecule is CCNC(=NCc1ccccc1S(=O)(=O)NC(C)(C)C)NCCN(C(C)C)C(C)C. The van der Waals surface area contributed by atoms with Gasteiger partial charge >= 0.3 is 0 Å². The molecule has 30 heavy (non-hydrogen) atoms. The molecule has 0 bridgehead atoms. The Morgan fingerprint density at radius 2 is 1.67 bits per heavy atom. The van der Waals surface area contributed by atoms with Gasteiger partial charge < -0.3 is 10.6 Å². The Morgan fingerprint density at radius 3 is 2.20 bits per heavy atom. The van der Waals surface area contributed by atoms with Gasteiger partial charge in [-0.15, -0.1) is 0 Å². The van der Waals surface area contributed by atoms with Crippen LogP contribution < -0.4 is 15.4 Å². The van der Waals surface area contributed by atoms with Crippen molar-refractivity contribution in [2.75, 3.05) is 19.6 Å². The van der Waals surface area contributed by atoms with Crippen molar-refractivity contribution in [3.05, 3.63) is 29.8 Å². The highest BCUT2D eigenvalue weighted by atomic mass is 32.2. The van der Waals surface area contributed by atoms with Gasteiger partial charge in [0, 0.05) is 37.3 Å². The summed E-state index contributed by atoms with van der Waals surface area (Å²) in [4.78, 5) is 7.31. The Kier molecular flexibility index (Phi) is 10.3. The summed E-state index contributed by atoms with van der Waals surface area (Å²) in [6, 6.07) is 7.95. The van der Waals surface area contributed by atoms with Gasteiger partial charge in [0.1, 0.15) is 0 Å². The normalized spacial score (nSPS) is 13.4. The average Bonchev–Trinajstić information content (AvgIpc) is 2.60. The van der Waals surface area contributed by atoms with Gasteiger partial charge in [-0.2, -0.15) is 0 Å². The summed E-state index contributed by atoms with van der Waals surface area (Å²) >= 11 is 0. The number of guanidine groups is 1. The first-order valence-electron chi connectivity index (χ1n) is 10.8. The maximum absolute atomic E-state index is 12.8. The fourth-order valence-corrected chi connectivity index (χ4v) is 4.93. The fraction of sp³-hybridized carbons (Fsp3) is 0.682. The third kappa shape index (κ3) is 9.02. The molecule has 0 aromatic heterocycles. The van der Waals surface area contributed by atoms with Crippen molar-refractivity contribution >= 4 is 16.0 Å². The number of hydrogen-bond donors (Lipinski definition) is 3. The lowest BCUT2D eigenvalue weighted by molar-refractivity contribution is 0.178. The van der Waals surface area contributed by atoms with Crippen LogP contribution in [0.1, 0.15) is 61.0 Å². The van der Waals surface area contributed by atoms with Gasteiger partial charge in [-0.25, -0.2) is 18.1 Å². The molecule has 0 aliphatic carbocycles. The smallest absolute Gasteiger partial charge is 0.241 e. The largest absolute Gasteiger partial charge is 0.357 e. The molecule has 0 heterocycles. The predicted molar refractivity (Wildman–Crippen MR) is 126 cm³/mol. The number of hydrogen-bond acceptors (Lipinski definition) is 4. The van der Waals surface area contributed by atoms with E-state index < -0.39 is 15.6 Å². The second kappa shape index (κ2) is 11.7. The van der Waals surface area contributed by atoms with Crippen LogP contribution in [-0.4, -0.2) is 56.5 Å². The van der Waals surface area contributed by atoms with E-state index in [4.69, 9.17) is 0 Å². The van der Waals surface area contributed by atoms with Crippen molar-refractivity contribution in [1.82, 2.24) is 20.3 Å². The van der Waals surface area contributed by atoms with Crippen LogP contribution >= 0.6 is 0 Å². The van der Waals surface area contributed by atoms with Gasteiger partial charge in [-0.3, -0.25) is 4.90 Å². The molecular formula is C22H41N5O2S. The number of benzene rings is 1. The van der Waals surface area contributed by atoms with Crippen LogP contribution in [0.15, 0.2) is 34.2 Å². The minimum atomic E-state index is -3.62. The van der Waals surface area contributed by atoms with E-state index in [1.54, 1.807) is 12.1 Å². The molecule has 0 aliphatic heterocycles. The van der Waals surface area contributed by atoms with Crippen molar-refractivity contribution in [3.63, 3.8) is 0 Å². The highest BCUT2D eigenvalue weighted by Crippen LogP contribution is 2.18. The molecule has 8 heteroatoms. The molecule has 0 spiro atoms. The monoisotopic (exact) mass is 439 g/mol. The number of nitrogens with one attached hydrogen (secondary N) is 3. The van der Waals surface area contributed by atoms with E-state index in [0.717, 1.165) is 19.6 Å². The first-order valence-corrected chi connectivity index (χ1v) is 12.3. The molecule has 7 nitrogen and oxygen atoms in total. The minimum Gasteiger partial charge on any atom is -0.357 e. The van der Waals surface area contributed by atoms with Crippen LogP contribution in [0.5, 0.6) is 0 Å². The second-order valence-corrected chi connectivity index (χ2v) is 10.7. The molecule has 172 valence electrons. The van der Waals surface area contributed by atoms with Crippen LogP contribution in [0.2, 0.25) is 0 Å². The second-order valence-electron chi connectivity index (χ2n) is 9.01. The minimum absolute atomic E-state index is 0.269. The molecule has 1 aromatic carbocycles. The molecule has 0 atom stereocenters. The van der Waals surface area contributed by atoms with E-state index in [-0.39, 0.29) is 11.4 Å². The summed E-state index contributed by atoms with van der Waals surface area (Å²) in [5.41, 5.74) is 0.113. The van der Waals surface area contributed by atoms with Crippen molar-refractivity contribution in [3.8, 4) is 0 Å². The lowest BCUT2D eigenvalue weighted by atomic mass is 10.1. The van der Waals surface area contributed by atoms with Gasteiger partial charge in [-0.05, 0) is 67.0 Å². The van der Waals surface area contributed by atoms with Crippen LogP contribution in [0.3, 0.4) is 0 Å². The summed E-state index contributed by atoms with van der Waals surface area (Å²) in [5.74, 6) is 0.681. The molecule has 0 unspecified atom stereocenters. The molecular weight excluding hydrogens is 398 g/mol. The summed E-state index contributed by atoms with van der Waals surface area (Å²) in [7, 11) is -3.62. The molecule has 1 aromatic rings. The Morgan fingerprint density at radius 1 is 1.07 bits per heavy atom. The third-order valence-electron chi connectivity index (χ3n) is 4.44. The van der Waals surface area contributed by atoms with Crippen LogP contribution in [0.4, 0.5) is 0 Å². The zero-order valence-electron chi connectivity index (χ0n) is 19.9.